The molecule has 1 saturated heterocycles. The largest absolute Gasteiger partial charge is 0.481 e. The van der Waals surface area contributed by atoms with Crippen LogP contribution in [-0.2, 0) is 6.54 Å². The summed E-state index contributed by atoms with van der Waals surface area (Å²) in [6, 6.07) is 2.04. The van der Waals surface area contributed by atoms with E-state index in [1.165, 1.54) is 0 Å². The number of hydrogen-bond acceptors (Lipinski definition) is 5. The van der Waals surface area contributed by atoms with Crippen molar-refractivity contribution in [3.63, 3.8) is 0 Å². The van der Waals surface area contributed by atoms with Crippen LogP contribution in [-0.4, -0.2) is 52.5 Å². The zero-order valence-corrected chi connectivity index (χ0v) is 12.5. The average molecular weight is 280 g/mol. The van der Waals surface area contributed by atoms with Gasteiger partial charge in [-0.15, -0.1) is 0 Å². The van der Waals surface area contributed by atoms with Crippen LogP contribution in [0.4, 0.5) is 0 Å². The molecule has 0 aromatic carbocycles. The molecule has 0 aliphatic carbocycles. The molecular weight excluding hydrogens is 256 g/mol. The second kappa shape index (κ2) is 6.08. The van der Waals surface area contributed by atoms with E-state index in [1.807, 2.05) is 13.0 Å². The van der Waals surface area contributed by atoms with E-state index in [0.717, 1.165) is 29.8 Å². The maximum atomic E-state index is 10.2. The summed E-state index contributed by atoms with van der Waals surface area (Å²) in [6.07, 6.45) is 1.54. The maximum Gasteiger partial charge on any atom is 0.218 e. The Hall–Kier alpha value is -1.17. The summed E-state index contributed by atoms with van der Waals surface area (Å²) >= 11 is 0. The highest BCUT2D eigenvalue weighted by atomic mass is 16.5. The normalized spacial score (nSPS) is 23.9. The highest BCUT2D eigenvalue weighted by Crippen LogP contribution is 2.26. The Morgan fingerprint density at radius 1 is 1.45 bits per heavy atom. The molecule has 5 nitrogen and oxygen atoms in total. The van der Waals surface area contributed by atoms with Gasteiger partial charge in [-0.2, -0.15) is 0 Å². The van der Waals surface area contributed by atoms with Crippen molar-refractivity contribution >= 4 is 0 Å². The number of nitrogens with zero attached hydrogens (tertiary/aromatic N) is 2. The summed E-state index contributed by atoms with van der Waals surface area (Å²) in [6.45, 7) is 5.90. The van der Waals surface area contributed by atoms with Crippen molar-refractivity contribution in [2.24, 2.45) is 0 Å². The molecule has 1 aliphatic rings. The van der Waals surface area contributed by atoms with Gasteiger partial charge in [0.15, 0.2) is 0 Å². The number of aliphatic hydroxyl groups is 2. The van der Waals surface area contributed by atoms with E-state index in [1.54, 1.807) is 7.11 Å². The fraction of sp³-hybridized carbons (Fsp3) is 0.667. The number of β-amino-alcohol motifs (C(OH)–C–C–N with tert-alkyl or cyclic N) is 1. The summed E-state index contributed by atoms with van der Waals surface area (Å²) in [5.74, 6) is 0.653. The molecule has 0 spiro atoms. The SMILES string of the molecule is COc1nc(C)cc(C)c1CN1CCC[C@@](O)(CO)C1. The molecule has 0 saturated carbocycles. The van der Waals surface area contributed by atoms with E-state index >= 15 is 0 Å². The van der Waals surface area contributed by atoms with Crippen LogP contribution in [0, 0.1) is 13.8 Å². The minimum Gasteiger partial charge on any atom is -0.481 e. The summed E-state index contributed by atoms with van der Waals surface area (Å²) in [5, 5.41) is 19.5. The Morgan fingerprint density at radius 2 is 2.20 bits per heavy atom. The van der Waals surface area contributed by atoms with E-state index < -0.39 is 5.60 Å². The summed E-state index contributed by atoms with van der Waals surface area (Å²) in [4.78, 5) is 6.57. The Morgan fingerprint density at radius 3 is 2.85 bits per heavy atom. The third-order valence-corrected chi connectivity index (χ3v) is 3.94. The molecule has 2 rings (SSSR count). The van der Waals surface area contributed by atoms with E-state index in [0.29, 0.717) is 25.4 Å². The number of hydrogen-bond donors (Lipinski definition) is 2. The fourth-order valence-corrected chi connectivity index (χ4v) is 2.88. The van der Waals surface area contributed by atoms with E-state index in [4.69, 9.17) is 4.74 Å². The van der Waals surface area contributed by atoms with Gasteiger partial charge in [0, 0.05) is 24.3 Å². The number of aromatic nitrogens is 1. The lowest BCUT2D eigenvalue weighted by atomic mass is 9.93. The first kappa shape index (κ1) is 15.2. The highest BCUT2D eigenvalue weighted by molar-refractivity contribution is 5.35. The van der Waals surface area contributed by atoms with Gasteiger partial charge in [-0.25, -0.2) is 4.98 Å². The Bertz CT molecular complexity index is 478. The van der Waals surface area contributed by atoms with Crippen LogP contribution in [0.1, 0.15) is 29.7 Å². The predicted molar refractivity (Wildman–Crippen MR) is 76.8 cm³/mol. The van der Waals surface area contributed by atoms with Crippen molar-refractivity contribution in [2.75, 3.05) is 26.8 Å². The second-order valence-electron chi connectivity index (χ2n) is 5.77. The van der Waals surface area contributed by atoms with Gasteiger partial charge in [-0.05, 0) is 44.9 Å². The van der Waals surface area contributed by atoms with Gasteiger partial charge < -0.3 is 14.9 Å². The summed E-state index contributed by atoms with van der Waals surface area (Å²) < 4.78 is 5.38. The number of piperidine rings is 1. The summed E-state index contributed by atoms with van der Waals surface area (Å²) in [5.41, 5.74) is 2.17. The molecule has 1 aromatic heterocycles. The highest BCUT2D eigenvalue weighted by Gasteiger charge is 2.33. The molecule has 1 fully saturated rings. The fourth-order valence-electron chi connectivity index (χ4n) is 2.88. The monoisotopic (exact) mass is 280 g/mol. The van der Waals surface area contributed by atoms with E-state index in [2.05, 4.69) is 16.8 Å². The van der Waals surface area contributed by atoms with Crippen LogP contribution in [0.15, 0.2) is 6.07 Å². The molecule has 5 heteroatoms. The zero-order valence-electron chi connectivity index (χ0n) is 12.5. The number of methoxy groups -OCH3 is 1. The van der Waals surface area contributed by atoms with Gasteiger partial charge in [0.05, 0.1) is 13.7 Å². The van der Waals surface area contributed by atoms with Gasteiger partial charge in [0.1, 0.15) is 5.60 Å². The minimum atomic E-state index is -0.975. The minimum absolute atomic E-state index is 0.189. The molecule has 0 amide bonds. The molecule has 1 aliphatic heterocycles. The maximum absolute atomic E-state index is 10.2. The van der Waals surface area contributed by atoms with Gasteiger partial charge in [0.25, 0.3) is 0 Å². The number of rotatable bonds is 4. The third-order valence-electron chi connectivity index (χ3n) is 3.94. The zero-order chi connectivity index (χ0) is 14.8. The number of likely N-dealkylation sites (tertiary alicyclic amines) is 1. The number of aryl methyl sites for hydroxylation is 2. The van der Waals surface area contributed by atoms with Crippen LogP contribution in [0.3, 0.4) is 0 Å². The molecule has 1 aromatic rings. The van der Waals surface area contributed by atoms with Crippen molar-refractivity contribution in [1.82, 2.24) is 9.88 Å². The van der Waals surface area contributed by atoms with Gasteiger partial charge >= 0.3 is 0 Å². The summed E-state index contributed by atoms with van der Waals surface area (Å²) in [7, 11) is 1.63. The Balaban J connectivity index is 2.17. The predicted octanol–water partition coefficient (Wildman–Crippen LogP) is 1.03. The van der Waals surface area contributed by atoms with Crippen LogP contribution >= 0.6 is 0 Å². The number of ether oxygens (including phenoxy) is 1. The quantitative estimate of drug-likeness (QED) is 0.862. The lowest BCUT2D eigenvalue weighted by Gasteiger charge is -2.38. The molecule has 2 N–H and O–H groups in total. The van der Waals surface area contributed by atoms with E-state index in [9.17, 15) is 10.2 Å². The first-order valence-electron chi connectivity index (χ1n) is 7.04. The molecule has 1 atom stereocenters. The van der Waals surface area contributed by atoms with Crippen LogP contribution in [0.5, 0.6) is 5.88 Å². The van der Waals surface area contributed by atoms with Crippen LogP contribution in [0.2, 0.25) is 0 Å². The Labute approximate surface area is 120 Å². The van der Waals surface area contributed by atoms with Gasteiger partial charge in [-0.3, -0.25) is 4.90 Å². The van der Waals surface area contributed by atoms with Crippen molar-refractivity contribution < 1.29 is 14.9 Å². The molecule has 0 bridgehead atoms. The van der Waals surface area contributed by atoms with Crippen molar-refractivity contribution in [2.45, 2.75) is 38.8 Å². The average Bonchev–Trinajstić information content (AvgIpc) is 2.41. The lowest BCUT2D eigenvalue weighted by molar-refractivity contribution is -0.0688. The topological polar surface area (TPSA) is 65.8 Å². The number of pyridine rings is 1. The van der Waals surface area contributed by atoms with E-state index in [-0.39, 0.29) is 6.61 Å². The lowest BCUT2D eigenvalue weighted by Crippen LogP contribution is -2.50. The molecule has 20 heavy (non-hydrogen) atoms. The molecule has 112 valence electrons. The second-order valence-corrected chi connectivity index (χ2v) is 5.77. The third kappa shape index (κ3) is 3.29. The van der Waals surface area contributed by atoms with Crippen LogP contribution in [0.25, 0.3) is 0 Å². The molecular formula is C15H24N2O3. The molecule has 0 radical (unpaired) electrons. The first-order valence-corrected chi connectivity index (χ1v) is 7.04. The van der Waals surface area contributed by atoms with Crippen molar-refractivity contribution in [3.8, 4) is 5.88 Å². The van der Waals surface area contributed by atoms with Gasteiger partial charge in [0.2, 0.25) is 5.88 Å². The number of aliphatic hydroxyl groups excluding tert-OH is 1. The van der Waals surface area contributed by atoms with Crippen LogP contribution < -0.4 is 4.74 Å². The smallest absolute Gasteiger partial charge is 0.218 e. The standard InChI is InChI=1S/C15H24N2O3/c1-11-7-12(2)16-14(20-3)13(11)8-17-6-4-5-15(19,9-17)10-18/h7,18-19H,4-6,8-10H2,1-3H3/t15-/m0/s1. The van der Waals surface area contributed by atoms with Gasteiger partial charge in [-0.1, -0.05) is 0 Å². The van der Waals surface area contributed by atoms with Crippen molar-refractivity contribution in [1.29, 1.82) is 0 Å². The molecule has 2 heterocycles. The first-order chi connectivity index (χ1) is 9.47. The van der Waals surface area contributed by atoms with Crippen molar-refractivity contribution in [3.05, 3.63) is 22.9 Å². The Kier molecular flexibility index (Phi) is 4.62. The molecule has 0 unspecified atom stereocenters.